The van der Waals surface area contributed by atoms with E-state index in [-0.39, 0.29) is 0 Å². The fourth-order valence-corrected chi connectivity index (χ4v) is 1.57. The van der Waals surface area contributed by atoms with Crippen LogP contribution >= 0.6 is 15.9 Å². The summed E-state index contributed by atoms with van der Waals surface area (Å²) >= 11 is 3.31. The van der Waals surface area contributed by atoms with Gasteiger partial charge in [-0.15, -0.1) is 0 Å². The molecule has 0 amide bonds. The molecule has 0 aliphatic carbocycles. The normalized spacial score (nSPS) is 14.5. The number of benzene rings is 1. The molecule has 0 saturated carbocycles. The van der Waals surface area contributed by atoms with E-state index in [1.807, 2.05) is 13.0 Å². The molecule has 0 aliphatic rings. The Morgan fingerprint density at radius 1 is 1.43 bits per heavy atom. The van der Waals surface area contributed by atoms with Crippen molar-refractivity contribution in [2.75, 3.05) is 0 Å². The van der Waals surface area contributed by atoms with Gasteiger partial charge in [-0.05, 0) is 24.1 Å². The highest BCUT2D eigenvalue weighted by Crippen LogP contribution is 2.26. The Kier molecular flexibility index (Phi) is 3.64. The van der Waals surface area contributed by atoms with Crippen molar-refractivity contribution in [2.24, 2.45) is 0 Å². The maximum Gasteiger partial charge on any atom is 0.170 e. The minimum Gasteiger partial charge on any atom is -0.385 e. The van der Waals surface area contributed by atoms with Crippen LogP contribution in [0, 0.1) is 18.3 Å². The molecule has 0 radical (unpaired) electrons. The second-order valence-corrected chi connectivity index (χ2v) is 3.83. The van der Waals surface area contributed by atoms with Crippen molar-refractivity contribution in [2.45, 2.75) is 19.1 Å². The van der Waals surface area contributed by atoms with Crippen molar-refractivity contribution in [3.8, 4) is 6.07 Å². The molecular formula is C10H10BrNO2. The lowest BCUT2D eigenvalue weighted by Crippen LogP contribution is -2.16. The van der Waals surface area contributed by atoms with Gasteiger partial charge in [-0.2, -0.15) is 5.26 Å². The minimum atomic E-state index is -1.39. The molecule has 1 aromatic carbocycles. The Morgan fingerprint density at radius 3 is 2.64 bits per heavy atom. The molecule has 1 rings (SSSR count). The van der Waals surface area contributed by atoms with Crippen LogP contribution in [0.15, 0.2) is 22.7 Å². The van der Waals surface area contributed by atoms with E-state index in [4.69, 9.17) is 10.4 Å². The SMILES string of the molecule is Cc1c(Br)cccc1C(O)C(O)C#N. The Morgan fingerprint density at radius 2 is 2.07 bits per heavy atom. The summed E-state index contributed by atoms with van der Waals surface area (Å²) in [6.07, 6.45) is -2.54. The molecule has 0 fully saturated rings. The first-order valence-electron chi connectivity index (χ1n) is 4.08. The molecular weight excluding hydrogens is 246 g/mol. The van der Waals surface area contributed by atoms with Gasteiger partial charge in [0, 0.05) is 4.47 Å². The first kappa shape index (κ1) is 11.2. The van der Waals surface area contributed by atoms with Crippen molar-refractivity contribution in [1.82, 2.24) is 0 Å². The topological polar surface area (TPSA) is 64.2 Å². The summed E-state index contributed by atoms with van der Waals surface area (Å²) in [7, 11) is 0. The van der Waals surface area contributed by atoms with E-state index in [9.17, 15) is 5.11 Å². The largest absolute Gasteiger partial charge is 0.385 e. The number of rotatable bonds is 2. The number of nitriles is 1. The summed E-state index contributed by atoms with van der Waals surface area (Å²) in [5, 5.41) is 27.2. The summed E-state index contributed by atoms with van der Waals surface area (Å²) in [5.41, 5.74) is 1.39. The van der Waals surface area contributed by atoms with Crippen LogP contribution < -0.4 is 0 Å². The van der Waals surface area contributed by atoms with Crippen LogP contribution in [0.5, 0.6) is 0 Å². The maximum absolute atomic E-state index is 9.60. The molecule has 1 aromatic rings. The molecule has 0 aromatic heterocycles. The number of hydrogen-bond donors (Lipinski definition) is 2. The number of aliphatic hydroxyl groups is 2. The van der Waals surface area contributed by atoms with Crippen LogP contribution in [0.25, 0.3) is 0 Å². The Balaban J connectivity index is 3.08. The molecule has 2 N–H and O–H groups in total. The summed E-state index contributed by atoms with van der Waals surface area (Å²) in [4.78, 5) is 0. The molecule has 2 atom stereocenters. The van der Waals surface area contributed by atoms with Crippen molar-refractivity contribution >= 4 is 15.9 Å². The summed E-state index contributed by atoms with van der Waals surface area (Å²) in [6.45, 7) is 1.81. The lowest BCUT2D eigenvalue weighted by Gasteiger charge is -2.15. The average Bonchev–Trinajstić information content (AvgIpc) is 2.20. The van der Waals surface area contributed by atoms with E-state index >= 15 is 0 Å². The second kappa shape index (κ2) is 4.56. The highest BCUT2D eigenvalue weighted by Gasteiger charge is 2.19. The van der Waals surface area contributed by atoms with Crippen molar-refractivity contribution in [1.29, 1.82) is 5.26 Å². The van der Waals surface area contributed by atoms with Gasteiger partial charge >= 0.3 is 0 Å². The quantitative estimate of drug-likeness (QED) is 0.791. The highest BCUT2D eigenvalue weighted by molar-refractivity contribution is 9.10. The summed E-state index contributed by atoms with van der Waals surface area (Å²) in [5.74, 6) is 0. The second-order valence-electron chi connectivity index (χ2n) is 2.97. The van der Waals surface area contributed by atoms with Gasteiger partial charge in [0.1, 0.15) is 6.10 Å². The monoisotopic (exact) mass is 255 g/mol. The molecule has 2 unspecified atom stereocenters. The lowest BCUT2D eigenvalue weighted by molar-refractivity contribution is 0.0523. The zero-order valence-electron chi connectivity index (χ0n) is 7.61. The molecule has 0 saturated heterocycles. The molecule has 74 valence electrons. The standard InChI is InChI=1S/C10H10BrNO2/c1-6-7(3-2-4-8(6)11)10(14)9(13)5-12/h2-4,9-10,13-14H,1H3. The Labute approximate surface area is 90.7 Å². The fraction of sp³-hybridized carbons (Fsp3) is 0.300. The van der Waals surface area contributed by atoms with E-state index in [2.05, 4.69) is 15.9 Å². The number of halogens is 1. The molecule has 3 nitrogen and oxygen atoms in total. The van der Waals surface area contributed by atoms with Crippen LogP contribution in [-0.2, 0) is 0 Å². The number of nitrogens with zero attached hydrogens (tertiary/aromatic N) is 1. The van der Waals surface area contributed by atoms with Gasteiger partial charge in [0.05, 0.1) is 6.07 Å². The first-order chi connectivity index (χ1) is 6.57. The van der Waals surface area contributed by atoms with E-state index in [1.54, 1.807) is 18.2 Å². The average molecular weight is 256 g/mol. The van der Waals surface area contributed by atoms with E-state index in [1.165, 1.54) is 0 Å². The van der Waals surface area contributed by atoms with Gasteiger partial charge in [0.25, 0.3) is 0 Å². The predicted octanol–water partition coefficient (Wildman–Crippen LogP) is 1.68. The van der Waals surface area contributed by atoms with Gasteiger partial charge in [-0.1, -0.05) is 28.1 Å². The van der Waals surface area contributed by atoms with Crippen LogP contribution in [0.3, 0.4) is 0 Å². The predicted molar refractivity (Wildman–Crippen MR) is 55.5 cm³/mol. The van der Waals surface area contributed by atoms with Gasteiger partial charge < -0.3 is 10.2 Å². The van der Waals surface area contributed by atoms with Crippen molar-refractivity contribution < 1.29 is 10.2 Å². The van der Waals surface area contributed by atoms with Gasteiger partial charge in [-0.25, -0.2) is 0 Å². The molecule has 0 heterocycles. The van der Waals surface area contributed by atoms with Crippen molar-refractivity contribution in [3.63, 3.8) is 0 Å². The van der Waals surface area contributed by atoms with Crippen LogP contribution in [-0.4, -0.2) is 16.3 Å². The summed E-state index contributed by atoms with van der Waals surface area (Å²) < 4.78 is 0.846. The van der Waals surface area contributed by atoms with Gasteiger partial charge in [0.2, 0.25) is 0 Å². The maximum atomic E-state index is 9.60. The molecule has 0 bridgehead atoms. The third-order valence-corrected chi connectivity index (χ3v) is 2.92. The van der Waals surface area contributed by atoms with Crippen LogP contribution in [0.2, 0.25) is 0 Å². The molecule has 14 heavy (non-hydrogen) atoms. The van der Waals surface area contributed by atoms with E-state index in [0.717, 1.165) is 10.0 Å². The van der Waals surface area contributed by atoms with Gasteiger partial charge in [0.15, 0.2) is 6.10 Å². The van der Waals surface area contributed by atoms with Crippen LogP contribution in [0.4, 0.5) is 0 Å². The highest BCUT2D eigenvalue weighted by atomic mass is 79.9. The van der Waals surface area contributed by atoms with Gasteiger partial charge in [-0.3, -0.25) is 0 Å². The van der Waals surface area contributed by atoms with E-state index in [0.29, 0.717) is 5.56 Å². The fourth-order valence-electron chi connectivity index (χ4n) is 1.19. The zero-order chi connectivity index (χ0) is 10.7. The Bertz CT molecular complexity index is 373. The molecule has 4 heteroatoms. The third kappa shape index (κ3) is 2.13. The smallest absolute Gasteiger partial charge is 0.170 e. The van der Waals surface area contributed by atoms with Crippen molar-refractivity contribution in [3.05, 3.63) is 33.8 Å². The summed E-state index contributed by atoms with van der Waals surface area (Å²) in [6, 6.07) is 6.87. The minimum absolute atomic E-state index is 0.563. The number of hydrogen-bond acceptors (Lipinski definition) is 3. The third-order valence-electron chi connectivity index (χ3n) is 2.06. The molecule has 0 spiro atoms. The Hall–Kier alpha value is -0.890. The van der Waals surface area contributed by atoms with Crippen LogP contribution in [0.1, 0.15) is 17.2 Å². The molecule has 0 aliphatic heterocycles. The first-order valence-corrected chi connectivity index (χ1v) is 4.88. The lowest BCUT2D eigenvalue weighted by atomic mass is 10.0. The van der Waals surface area contributed by atoms with E-state index < -0.39 is 12.2 Å². The number of aliphatic hydroxyl groups excluding tert-OH is 2. The zero-order valence-corrected chi connectivity index (χ0v) is 9.19.